The summed E-state index contributed by atoms with van der Waals surface area (Å²) < 4.78 is 10.5. The number of hydrogen-bond donors (Lipinski definition) is 3. The Bertz CT molecular complexity index is 1010. The van der Waals surface area contributed by atoms with E-state index in [1.165, 1.54) is 6.26 Å². The summed E-state index contributed by atoms with van der Waals surface area (Å²) in [5.41, 5.74) is 8.02. The summed E-state index contributed by atoms with van der Waals surface area (Å²) in [6.45, 7) is 6.04. The Morgan fingerprint density at radius 2 is 2.07 bits per heavy atom. The van der Waals surface area contributed by atoms with Gasteiger partial charge in [0.25, 0.3) is 5.91 Å². The van der Waals surface area contributed by atoms with Crippen LogP contribution in [-0.4, -0.2) is 34.5 Å². The molecule has 0 aliphatic carbocycles. The van der Waals surface area contributed by atoms with E-state index in [0.717, 1.165) is 16.5 Å². The van der Waals surface area contributed by atoms with Crippen LogP contribution in [0.1, 0.15) is 55.2 Å². The third-order valence-electron chi connectivity index (χ3n) is 4.77. The minimum absolute atomic E-state index is 0.0810. The van der Waals surface area contributed by atoms with Crippen LogP contribution >= 0.6 is 0 Å². The van der Waals surface area contributed by atoms with Crippen molar-refractivity contribution >= 4 is 22.8 Å². The molecule has 0 bridgehead atoms. The van der Waals surface area contributed by atoms with Gasteiger partial charge >= 0.3 is 5.97 Å². The predicted octanol–water partition coefficient (Wildman–Crippen LogP) is 3.11. The van der Waals surface area contributed by atoms with Gasteiger partial charge in [0, 0.05) is 23.5 Å². The molecule has 0 aliphatic rings. The lowest BCUT2D eigenvalue weighted by atomic mass is 10.0. The fourth-order valence-corrected chi connectivity index (χ4v) is 3.36. The number of aromatic nitrogens is 2. The van der Waals surface area contributed by atoms with Gasteiger partial charge in [-0.15, -0.1) is 0 Å². The largest absolute Gasteiger partial charge is 0.464 e. The SMILES string of the molecule is CCOC(=O)C(Cc1c[nH]c2ccccc12)NC(=O)c1coc(C(N)CC(C)C)n1. The van der Waals surface area contributed by atoms with E-state index in [4.69, 9.17) is 14.9 Å². The molecule has 1 aromatic carbocycles. The number of para-hydroxylation sites is 1. The fraction of sp³-hybridized carbons (Fsp3) is 0.409. The zero-order valence-electron chi connectivity index (χ0n) is 17.5. The second-order valence-electron chi connectivity index (χ2n) is 7.65. The maximum Gasteiger partial charge on any atom is 0.328 e. The van der Waals surface area contributed by atoms with Gasteiger partial charge in [0.1, 0.15) is 12.3 Å². The molecule has 2 atom stereocenters. The van der Waals surface area contributed by atoms with E-state index in [0.29, 0.717) is 18.2 Å². The van der Waals surface area contributed by atoms with E-state index in [-0.39, 0.29) is 18.7 Å². The predicted molar refractivity (Wildman–Crippen MR) is 113 cm³/mol. The highest BCUT2D eigenvalue weighted by Crippen LogP contribution is 2.20. The monoisotopic (exact) mass is 412 g/mol. The first-order valence-corrected chi connectivity index (χ1v) is 10.1. The first-order valence-electron chi connectivity index (χ1n) is 10.1. The molecule has 2 aromatic heterocycles. The van der Waals surface area contributed by atoms with Gasteiger partial charge in [-0.25, -0.2) is 9.78 Å². The average molecular weight is 412 g/mol. The average Bonchev–Trinajstić information content (AvgIpc) is 3.35. The number of amides is 1. The van der Waals surface area contributed by atoms with Crippen molar-refractivity contribution in [2.24, 2.45) is 11.7 Å². The van der Waals surface area contributed by atoms with Crippen LogP contribution in [0.15, 0.2) is 41.1 Å². The molecule has 0 radical (unpaired) electrons. The minimum atomic E-state index is -0.860. The number of rotatable bonds is 9. The van der Waals surface area contributed by atoms with Crippen molar-refractivity contribution in [2.45, 2.75) is 45.7 Å². The molecule has 160 valence electrons. The Morgan fingerprint density at radius 1 is 1.30 bits per heavy atom. The van der Waals surface area contributed by atoms with Crippen LogP contribution in [0.4, 0.5) is 0 Å². The number of nitrogens with zero attached hydrogens (tertiary/aromatic N) is 1. The standard InChI is InChI=1S/C22H28N4O4/c1-4-29-22(28)18(10-14-11-24-17-8-6-5-7-15(14)17)25-20(27)19-12-30-21(26-19)16(23)9-13(2)3/h5-8,11-13,16,18,24H,4,9-10,23H2,1-3H3,(H,25,27). The number of aromatic amines is 1. The summed E-state index contributed by atoms with van der Waals surface area (Å²) in [5, 5.41) is 3.71. The summed E-state index contributed by atoms with van der Waals surface area (Å²) in [5.74, 6) is -0.345. The van der Waals surface area contributed by atoms with Gasteiger partial charge < -0.3 is 25.2 Å². The second-order valence-corrected chi connectivity index (χ2v) is 7.65. The molecule has 0 fully saturated rings. The number of esters is 1. The number of carbonyl (C=O) groups excluding carboxylic acids is 2. The van der Waals surface area contributed by atoms with E-state index in [1.54, 1.807) is 6.92 Å². The third kappa shape index (κ3) is 5.07. The molecule has 3 aromatic rings. The second kappa shape index (κ2) is 9.58. The number of carbonyl (C=O) groups is 2. The Balaban J connectivity index is 1.76. The van der Waals surface area contributed by atoms with E-state index < -0.39 is 24.0 Å². The minimum Gasteiger partial charge on any atom is -0.464 e. The Kier molecular flexibility index (Phi) is 6.89. The summed E-state index contributed by atoms with van der Waals surface area (Å²) in [4.78, 5) is 32.6. The normalized spacial score (nSPS) is 13.4. The molecule has 3 rings (SSSR count). The Labute approximate surface area is 175 Å². The lowest BCUT2D eigenvalue weighted by molar-refractivity contribution is -0.145. The third-order valence-corrected chi connectivity index (χ3v) is 4.77. The van der Waals surface area contributed by atoms with Crippen molar-refractivity contribution in [1.29, 1.82) is 0 Å². The molecule has 1 amide bonds. The van der Waals surface area contributed by atoms with Gasteiger partial charge in [0.2, 0.25) is 5.89 Å². The van der Waals surface area contributed by atoms with Crippen molar-refractivity contribution in [2.75, 3.05) is 6.61 Å². The Hall–Kier alpha value is -3.13. The molecule has 0 aliphatic heterocycles. The maximum atomic E-state index is 12.7. The number of oxazole rings is 1. The Morgan fingerprint density at radius 3 is 2.80 bits per heavy atom. The molecular formula is C22H28N4O4. The molecule has 0 saturated carbocycles. The lowest BCUT2D eigenvalue weighted by Gasteiger charge is -2.16. The molecule has 8 heteroatoms. The van der Waals surface area contributed by atoms with Gasteiger partial charge in [0.05, 0.1) is 12.6 Å². The van der Waals surface area contributed by atoms with Crippen LogP contribution in [0.2, 0.25) is 0 Å². The summed E-state index contributed by atoms with van der Waals surface area (Å²) in [7, 11) is 0. The highest BCUT2D eigenvalue weighted by Gasteiger charge is 2.26. The summed E-state index contributed by atoms with van der Waals surface area (Å²) >= 11 is 0. The van der Waals surface area contributed by atoms with E-state index in [2.05, 4.69) is 15.3 Å². The van der Waals surface area contributed by atoms with Crippen molar-refractivity contribution in [3.05, 3.63) is 53.9 Å². The van der Waals surface area contributed by atoms with Gasteiger partial charge in [-0.05, 0) is 30.9 Å². The van der Waals surface area contributed by atoms with E-state index >= 15 is 0 Å². The highest BCUT2D eigenvalue weighted by molar-refractivity contribution is 5.95. The number of benzene rings is 1. The van der Waals surface area contributed by atoms with Gasteiger partial charge in [-0.3, -0.25) is 4.79 Å². The van der Waals surface area contributed by atoms with Crippen LogP contribution < -0.4 is 11.1 Å². The lowest BCUT2D eigenvalue weighted by Crippen LogP contribution is -2.43. The van der Waals surface area contributed by atoms with Crippen molar-refractivity contribution in [1.82, 2.24) is 15.3 Å². The smallest absolute Gasteiger partial charge is 0.328 e. The quantitative estimate of drug-likeness (QED) is 0.464. The molecule has 8 nitrogen and oxygen atoms in total. The van der Waals surface area contributed by atoms with E-state index in [1.807, 2.05) is 44.3 Å². The highest BCUT2D eigenvalue weighted by atomic mass is 16.5. The topological polar surface area (TPSA) is 123 Å². The number of hydrogen-bond acceptors (Lipinski definition) is 6. The van der Waals surface area contributed by atoms with Crippen LogP contribution in [0, 0.1) is 5.92 Å². The molecular weight excluding hydrogens is 384 g/mol. The van der Waals surface area contributed by atoms with Crippen LogP contribution in [0.5, 0.6) is 0 Å². The van der Waals surface area contributed by atoms with Crippen molar-refractivity contribution in [3.63, 3.8) is 0 Å². The van der Waals surface area contributed by atoms with Crippen LogP contribution in [0.25, 0.3) is 10.9 Å². The van der Waals surface area contributed by atoms with Gasteiger partial charge in [-0.1, -0.05) is 32.0 Å². The fourth-order valence-electron chi connectivity index (χ4n) is 3.36. The number of H-pyrrole nitrogens is 1. The van der Waals surface area contributed by atoms with Gasteiger partial charge in [-0.2, -0.15) is 0 Å². The van der Waals surface area contributed by atoms with Crippen molar-refractivity contribution < 1.29 is 18.7 Å². The first-order chi connectivity index (χ1) is 14.4. The molecule has 30 heavy (non-hydrogen) atoms. The number of nitrogens with two attached hydrogens (primary N) is 1. The molecule has 0 saturated heterocycles. The first kappa shape index (κ1) is 21.6. The zero-order chi connectivity index (χ0) is 21.7. The number of fused-ring (bicyclic) bond motifs is 1. The van der Waals surface area contributed by atoms with Crippen LogP contribution in [0.3, 0.4) is 0 Å². The van der Waals surface area contributed by atoms with Crippen LogP contribution in [-0.2, 0) is 16.0 Å². The summed E-state index contributed by atoms with van der Waals surface area (Å²) in [6, 6.07) is 6.52. The molecule has 2 heterocycles. The maximum absolute atomic E-state index is 12.7. The summed E-state index contributed by atoms with van der Waals surface area (Å²) in [6.07, 6.45) is 4.07. The molecule has 0 spiro atoms. The molecule has 2 unspecified atom stereocenters. The zero-order valence-corrected chi connectivity index (χ0v) is 17.5. The number of nitrogens with one attached hydrogen (secondary N) is 2. The van der Waals surface area contributed by atoms with Crippen molar-refractivity contribution in [3.8, 4) is 0 Å². The van der Waals surface area contributed by atoms with E-state index in [9.17, 15) is 9.59 Å². The van der Waals surface area contributed by atoms with Gasteiger partial charge in [0.15, 0.2) is 5.69 Å². The molecule has 4 N–H and O–H groups in total. The number of ether oxygens (including phenoxy) is 1.